The number of ether oxygens (including phenoxy) is 1. The van der Waals surface area contributed by atoms with E-state index in [2.05, 4.69) is 45.7 Å². The molecule has 7 heteroatoms. The Bertz CT molecular complexity index is 474. The predicted octanol–water partition coefficient (Wildman–Crippen LogP) is 0.632. The van der Waals surface area contributed by atoms with Crippen molar-refractivity contribution in [2.75, 3.05) is 91.8 Å². The van der Waals surface area contributed by atoms with Crippen LogP contribution in [0.2, 0.25) is 0 Å². The zero-order valence-electron chi connectivity index (χ0n) is 18.4. The zero-order valence-corrected chi connectivity index (χ0v) is 18.4. The molecule has 0 aromatic rings. The molecular weight excluding hydrogens is 352 g/mol. The van der Waals surface area contributed by atoms with E-state index in [4.69, 9.17) is 9.73 Å². The van der Waals surface area contributed by atoms with Crippen LogP contribution in [-0.4, -0.2) is 123 Å². The van der Waals surface area contributed by atoms with Crippen LogP contribution in [0.3, 0.4) is 0 Å². The van der Waals surface area contributed by atoms with Crippen molar-refractivity contribution in [1.29, 1.82) is 0 Å². The maximum atomic E-state index is 5.51. The van der Waals surface area contributed by atoms with E-state index in [0.717, 1.165) is 65.0 Å². The lowest BCUT2D eigenvalue weighted by Crippen LogP contribution is -2.48. The quantitative estimate of drug-likeness (QED) is 0.505. The van der Waals surface area contributed by atoms with Crippen LogP contribution < -0.4 is 5.32 Å². The van der Waals surface area contributed by atoms with E-state index in [-0.39, 0.29) is 0 Å². The molecule has 2 atom stereocenters. The standard InChI is InChI=1S/C21H42N6O/c1-4-22-21(27-7-6-20(18-27)26-12-14-28-15-13-26)23-16-19(3)17-25-10-8-24(5-2)9-11-25/h19-20H,4-18H2,1-3H3,(H,22,23). The number of aliphatic imine (C=N–C) groups is 1. The molecule has 0 amide bonds. The smallest absolute Gasteiger partial charge is 0.193 e. The Labute approximate surface area is 172 Å². The van der Waals surface area contributed by atoms with Gasteiger partial charge in [-0.2, -0.15) is 0 Å². The topological polar surface area (TPSA) is 46.6 Å². The Morgan fingerprint density at radius 3 is 2.43 bits per heavy atom. The highest BCUT2D eigenvalue weighted by Crippen LogP contribution is 2.17. The molecule has 0 bridgehead atoms. The number of piperazine rings is 1. The number of hydrogen-bond donors (Lipinski definition) is 1. The molecule has 3 aliphatic heterocycles. The van der Waals surface area contributed by atoms with Gasteiger partial charge < -0.3 is 24.8 Å². The van der Waals surface area contributed by atoms with Gasteiger partial charge in [0.25, 0.3) is 0 Å². The molecule has 3 rings (SSSR count). The van der Waals surface area contributed by atoms with Crippen molar-refractivity contribution in [2.45, 2.75) is 33.2 Å². The fourth-order valence-corrected chi connectivity index (χ4v) is 4.63. The summed E-state index contributed by atoms with van der Waals surface area (Å²) in [5, 5.41) is 3.53. The summed E-state index contributed by atoms with van der Waals surface area (Å²) >= 11 is 0. The van der Waals surface area contributed by atoms with Gasteiger partial charge in [0.15, 0.2) is 5.96 Å². The highest BCUT2D eigenvalue weighted by atomic mass is 16.5. The Kier molecular flexibility index (Phi) is 8.83. The number of morpholine rings is 1. The predicted molar refractivity (Wildman–Crippen MR) is 116 cm³/mol. The molecule has 0 aromatic carbocycles. The Morgan fingerprint density at radius 1 is 1.04 bits per heavy atom. The summed E-state index contributed by atoms with van der Waals surface area (Å²) in [6.07, 6.45) is 1.24. The number of nitrogens with zero attached hydrogens (tertiary/aromatic N) is 5. The summed E-state index contributed by atoms with van der Waals surface area (Å²) < 4.78 is 5.51. The monoisotopic (exact) mass is 394 g/mol. The van der Waals surface area contributed by atoms with E-state index >= 15 is 0 Å². The van der Waals surface area contributed by atoms with Gasteiger partial charge in [0.1, 0.15) is 0 Å². The van der Waals surface area contributed by atoms with Crippen LogP contribution in [0.1, 0.15) is 27.2 Å². The molecule has 1 N–H and O–H groups in total. The summed E-state index contributed by atoms with van der Waals surface area (Å²) in [5.74, 6) is 1.71. The fourth-order valence-electron chi connectivity index (χ4n) is 4.63. The van der Waals surface area contributed by atoms with E-state index in [0.29, 0.717) is 12.0 Å². The van der Waals surface area contributed by atoms with Crippen LogP contribution in [0, 0.1) is 5.92 Å². The summed E-state index contributed by atoms with van der Waals surface area (Å²) in [7, 11) is 0. The molecule has 0 saturated carbocycles. The molecule has 162 valence electrons. The average molecular weight is 395 g/mol. The van der Waals surface area contributed by atoms with Gasteiger partial charge in [0.2, 0.25) is 0 Å². The first-order valence-corrected chi connectivity index (χ1v) is 11.5. The molecule has 28 heavy (non-hydrogen) atoms. The third kappa shape index (κ3) is 6.31. The SMILES string of the molecule is CCNC(=NCC(C)CN1CCN(CC)CC1)N1CCC(N2CCOCC2)C1. The number of nitrogens with one attached hydrogen (secondary N) is 1. The van der Waals surface area contributed by atoms with Crippen molar-refractivity contribution in [1.82, 2.24) is 24.9 Å². The molecule has 0 radical (unpaired) electrons. The van der Waals surface area contributed by atoms with Crippen molar-refractivity contribution < 1.29 is 4.74 Å². The van der Waals surface area contributed by atoms with Crippen LogP contribution in [-0.2, 0) is 4.74 Å². The Morgan fingerprint density at radius 2 is 1.75 bits per heavy atom. The average Bonchev–Trinajstić information content (AvgIpc) is 3.22. The van der Waals surface area contributed by atoms with E-state index < -0.39 is 0 Å². The van der Waals surface area contributed by atoms with Crippen molar-refractivity contribution >= 4 is 5.96 Å². The van der Waals surface area contributed by atoms with Gasteiger partial charge in [-0.15, -0.1) is 0 Å². The van der Waals surface area contributed by atoms with Crippen molar-refractivity contribution in [3.63, 3.8) is 0 Å². The third-order valence-corrected chi connectivity index (χ3v) is 6.39. The summed E-state index contributed by atoms with van der Waals surface area (Å²) in [6.45, 7) is 21.9. The van der Waals surface area contributed by atoms with Gasteiger partial charge in [-0.1, -0.05) is 13.8 Å². The minimum atomic E-state index is 0.597. The van der Waals surface area contributed by atoms with Gasteiger partial charge in [-0.3, -0.25) is 9.89 Å². The van der Waals surface area contributed by atoms with E-state index in [1.165, 1.54) is 39.1 Å². The summed E-state index contributed by atoms with van der Waals surface area (Å²) in [5.41, 5.74) is 0. The third-order valence-electron chi connectivity index (χ3n) is 6.39. The lowest BCUT2D eigenvalue weighted by atomic mass is 10.1. The van der Waals surface area contributed by atoms with Gasteiger partial charge in [-0.05, 0) is 25.8 Å². The van der Waals surface area contributed by atoms with Crippen LogP contribution in [0.4, 0.5) is 0 Å². The largest absolute Gasteiger partial charge is 0.379 e. The number of rotatable bonds is 7. The van der Waals surface area contributed by atoms with Gasteiger partial charge in [0.05, 0.1) is 13.2 Å². The molecule has 0 aromatic heterocycles. The molecule has 0 spiro atoms. The lowest BCUT2D eigenvalue weighted by Gasteiger charge is -2.35. The second-order valence-electron chi connectivity index (χ2n) is 8.57. The highest BCUT2D eigenvalue weighted by Gasteiger charge is 2.30. The number of hydrogen-bond acceptors (Lipinski definition) is 5. The second kappa shape index (κ2) is 11.3. The first-order valence-electron chi connectivity index (χ1n) is 11.5. The van der Waals surface area contributed by atoms with Crippen LogP contribution in [0.15, 0.2) is 4.99 Å². The van der Waals surface area contributed by atoms with E-state index in [1.54, 1.807) is 0 Å². The molecule has 3 heterocycles. The van der Waals surface area contributed by atoms with Crippen molar-refractivity contribution in [3.05, 3.63) is 0 Å². The van der Waals surface area contributed by atoms with Crippen molar-refractivity contribution in [3.8, 4) is 0 Å². The molecule has 7 nitrogen and oxygen atoms in total. The van der Waals surface area contributed by atoms with E-state index in [9.17, 15) is 0 Å². The van der Waals surface area contributed by atoms with Crippen LogP contribution in [0.5, 0.6) is 0 Å². The highest BCUT2D eigenvalue weighted by molar-refractivity contribution is 5.80. The Balaban J connectivity index is 1.45. The first-order chi connectivity index (χ1) is 13.7. The normalized spacial score (nSPS) is 27.3. The number of likely N-dealkylation sites (N-methyl/N-ethyl adjacent to an activating group) is 1. The fraction of sp³-hybridized carbons (Fsp3) is 0.952. The summed E-state index contributed by atoms with van der Waals surface area (Å²) in [6, 6.07) is 0.653. The maximum absolute atomic E-state index is 5.51. The van der Waals surface area contributed by atoms with Crippen molar-refractivity contribution in [2.24, 2.45) is 10.9 Å². The Hall–Kier alpha value is -0.890. The van der Waals surface area contributed by atoms with Crippen LogP contribution >= 0.6 is 0 Å². The molecule has 3 saturated heterocycles. The number of guanidine groups is 1. The van der Waals surface area contributed by atoms with E-state index in [1.807, 2.05) is 0 Å². The lowest BCUT2D eigenvalue weighted by molar-refractivity contribution is 0.0195. The molecule has 2 unspecified atom stereocenters. The van der Waals surface area contributed by atoms with Crippen LogP contribution in [0.25, 0.3) is 0 Å². The molecule has 3 aliphatic rings. The first kappa shape index (κ1) is 21.8. The second-order valence-corrected chi connectivity index (χ2v) is 8.57. The summed E-state index contributed by atoms with van der Waals surface area (Å²) in [4.78, 5) is 15.3. The molecule has 3 fully saturated rings. The van der Waals surface area contributed by atoms with Gasteiger partial charge in [-0.25, -0.2) is 0 Å². The van der Waals surface area contributed by atoms with Gasteiger partial charge >= 0.3 is 0 Å². The van der Waals surface area contributed by atoms with Gasteiger partial charge in [0, 0.05) is 78.0 Å². The zero-order chi connectivity index (χ0) is 19.8. The maximum Gasteiger partial charge on any atom is 0.193 e. The molecule has 0 aliphatic carbocycles. The molecular formula is C21H42N6O. The minimum Gasteiger partial charge on any atom is -0.379 e. The number of likely N-dealkylation sites (tertiary alicyclic amines) is 1. The minimum absolute atomic E-state index is 0.597.